The van der Waals surface area contributed by atoms with Crippen molar-refractivity contribution in [1.29, 1.82) is 5.26 Å². The van der Waals surface area contributed by atoms with E-state index >= 15 is 0 Å². The summed E-state index contributed by atoms with van der Waals surface area (Å²) in [6.45, 7) is 3.03. The second kappa shape index (κ2) is 10.0. The number of nitriles is 1. The second-order valence-electron chi connectivity index (χ2n) is 4.85. The largest absolute Gasteiger partial charge is 0.465 e. The molecule has 2 N–H and O–H groups in total. The molecule has 6 heteroatoms. The Morgan fingerprint density at radius 3 is 2.57 bits per heavy atom. The van der Waals surface area contributed by atoms with Gasteiger partial charge in [-0.15, -0.1) is 0 Å². The smallest absolute Gasteiger partial charge is 0.337 e. The maximum atomic E-state index is 11.8. The zero-order valence-corrected chi connectivity index (χ0v) is 13.4. The first-order chi connectivity index (χ1) is 11.1. The Kier molecular flexibility index (Phi) is 7.94. The highest BCUT2D eigenvalue weighted by atomic mass is 16.5. The van der Waals surface area contributed by atoms with Gasteiger partial charge in [0.2, 0.25) is 0 Å². The highest BCUT2D eigenvalue weighted by Crippen LogP contribution is 2.05. The standard InChI is InChI=1S/C17H21N3O3/c1-3-4-9-20-16(21)15(10-18)12-19-11-13-5-7-14(8-6-13)17(22)23-2/h5-8,12,19H,3-4,9,11H2,1-2H3,(H,20,21)/b15-12-. The molecule has 23 heavy (non-hydrogen) atoms. The van der Waals surface area contributed by atoms with Gasteiger partial charge in [-0.3, -0.25) is 4.79 Å². The number of rotatable bonds is 8. The van der Waals surface area contributed by atoms with Crippen LogP contribution in [0.1, 0.15) is 35.7 Å². The summed E-state index contributed by atoms with van der Waals surface area (Å²) in [5.41, 5.74) is 1.42. The Morgan fingerprint density at radius 2 is 2.00 bits per heavy atom. The number of esters is 1. The van der Waals surface area contributed by atoms with Crippen LogP contribution in [0.2, 0.25) is 0 Å². The van der Waals surface area contributed by atoms with Gasteiger partial charge in [-0.2, -0.15) is 5.26 Å². The van der Waals surface area contributed by atoms with E-state index in [4.69, 9.17) is 5.26 Å². The normalized spacial score (nSPS) is 10.6. The fourth-order valence-electron chi connectivity index (χ4n) is 1.77. The van der Waals surface area contributed by atoms with Crippen LogP contribution in [0.5, 0.6) is 0 Å². The molecule has 0 aliphatic heterocycles. The van der Waals surface area contributed by atoms with Crippen molar-refractivity contribution in [2.45, 2.75) is 26.3 Å². The van der Waals surface area contributed by atoms with Gasteiger partial charge in [-0.05, 0) is 24.1 Å². The molecular weight excluding hydrogens is 294 g/mol. The van der Waals surface area contributed by atoms with E-state index in [-0.39, 0.29) is 17.4 Å². The lowest BCUT2D eigenvalue weighted by molar-refractivity contribution is -0.117. The summed E-state index contributed by atoms with van der Waals surface area (Å²) in [6, 6.07) is 8.75. The van der Waals surface area contributed by atoms with Crippen molar-refractivity contribution in [3.8, 4) is 6.07 Å². The Bertz CT molecular complexity index is 601. The molecule has 122 valence electrons. The van der Waals surface area contributed by atoms with Crippen LogP contribution in [0, 0.1) is 11.3 Å². The predicted octanol–water partition coefficient (Wildman–Crippen LogP) is 1.89. The van der Waals surface area contributed by atoms with Gasteiger partial charge in [0, 0.05) is 19.3 Å². The number of nitrogens with zero attached hydrogens (tertiary/aromatic N) is 1. The van der Waals surface area contributed by atoms with Gasteiger partial charge in [0.1, 0.15) is 11.6 Å². The quantitative estimate of drug-likeness (QED) is 0.331. The zero-order chi connectivity index (χ0) is 17.1. The number of hydrogen-bond donors (Lipinski definition) is 2. The molecule has 6 nitrogen and oxygen atoms in total. The molecule has 0 saturated carbocycles. The number of hydrogen-bond acceptors (Lipinski definition) is 5. The fourth-order valence-corrected chi connectivity index (χ4v) is 1.77. The van der Waals surface area contributed by atoms with Crippen LogP contribution in [0.4, 0.5) is 0 Å². The van der Waals surface area contributed by atoms with Crippen molar-refractivity contribution in [1.82, 2.24) is 10.6 Å². The van der Waals surface area contributed by atoms with Crippen molar-refractivity contribution in [3.05, 3.63) is 47.2 Å². The minimum atomic E-state index is -0.389. The summed E-state index contributed by atoms with van der Waals surface area (Å²) in [5.74, 6) is -0.769. The van der Waals surface area contributed by atoms with E-state index in [0.717, 1.165) is 18.4 Å². The van der Waals surface area contributed by atoms with E-state index in [2.05, 4.69) is 15.4 Å². The third-order valence-corrected chi connectivity index (χ3v) is 3.11. The summed E-state index contributed by atoms with van der Waals surface area (Å²) in [4.78, 5) is 23.1. The molecule has 0 saturated heterocycles. The summed E-state index contributed by atoms with van der Waals surface area (Å²) in [6.07, 6.45) is 3.26. The van der Waals surface area contributed by atoms with E-state index in [9.17, 15) is 9.59 Å². The third kappa shape index (κ3) is 6.22. The van der Waals surface area contributed by atoms with Gasteiger partial charge in [-0.25, -0.2) is 4.79 Å². The first kappa shape index (κ1) is 18.2. The van der Waals surface area contributed by atoms with Gasteiger partial charge in [0.15, 0.2) is 0 Å². The fraction of sp³-hybridized carbons (Fsp3) is 0.353. The predicted molar refractivity (Wildman–Crippen MR) is 86.2 cm³/mol. The van der Waals surface area contributed by atoms with Gasteiger partial charge >= 0.3 is 5.97 Å². The summed E-state index contributed by atoms with van der Waals surface area (Å²) in [5, 5.41) is 14.6. The molecular formula is C17H21N3O3. The van der Waals surface area contributed by atoms with E-state index in [1.165, 1.54) is 13.3 Å². The molecule has 1 aromatic rings. The average molecular weight is 315 g/mol. The van der Waals surface area contributed by atoms with Gasteiger partial charge in [0.05, 0.1) is 12.7 Å². The summed E-state index contributed by atoms with van der Waals surface area (Å²) >= 11 is 0. The van der Waals surface area contributed by atoms with Crippen molar-refractivity contribution in [3.63, 3.8) is 0 Å². The lowest BCUT2D eigenvalue weighted by Crippen LogP contribution is -2.26. The Morgan fingerprint density at radius 1 is 1.30 bits per heavy atom. The number of amides is 1. The average Bonchev–Trinajstić information content (AvgIpc) is 2.58. The monoisotopic (exact) mass is 315 g/mol. The Labute approximate surface area is 136 Å². The second-order valence-corrected chi connectivity index (χ2v) is 4.85. The van der Waals surface area contributed by atoms with Crippen LogP contribution in [-0.2, 0) is 16.1 Å². The molecule has 1 aromatic carbocycles. The van der Waals surface area contributed by atoms with Crippen molar-refractivity contribution in [2.24, 2.45) is 0 Å². The van der Waals surface area contributed by atoms with Crippen LogP contribution in [0.25, 0.3) is 0 Å². The minimum Gasteiger partial charge on any atom is -0.465 e. The number of benzene rings is 1. The number of nitrogens with one attached hydrogen (secondary N) is 2. The maximum absolute atomic E-state index is 11.8. The molecule has 0 unspecified atom stereocenters. The van der Waals surface area contributed by atoms with Crippen molar-refractivity contribution < 1.29 is 14.3 Å². The van der Waals surface area contributed by atoms with Crippen molar-refractivity contribution in [2.75, 3.05) is 13.7 Å². The lowest BCUT2D eigenvalue weighted by atomic mass is 10.1. The highest BCUT2D eigenvalue weighted by Gasteiger charge is 2.07. The van der Waals surface area contributed by atoms with Crippen LogP contribution in [-0.4, -0.2) is 25.5 Å². The number of methoxy groups -OCH3 is 1. The topological polar surface area (TPSA) is 91.2 Å². The molecule has 0 aromatic heterocycles. The molecule has 0 aliphatic carbocycles. The maximum Gasteiger partial charge on any atom is 0.337 e. The summed E-state index contributed by atoms with van der Waals surface area (Å²) < 4.78 is 4.63. The van der Waals surface area contributed by atoms with Crippen LogP contribution in [0.3, 0.4) is 0 Å². The van der Waals surface area contributed by atoms with Crippen LogP contribution in [0.15, 0.2) is 36.0 Å². The first-order valence-electron chi connectivity index (χ1n) is 7.41. The molecule has 0 bridgehead atoms. The highest BCUT2D eigenvalue weighted by molar-refractivity contribution is 5.97. The molecule has 0 heterocycles. The minimum absolute atomic E-state index is 0.0345. The molecule has 1 amide bonds. The SMILES string of the molecule is CCCCNC(=O)/C(C#N)=C\NCc1ccc(C(=O)OC)cc1. The molecule has 0 atom stereocenters. The number of carbonyl (C=O) groups excluding carboxylic acids is 2. The van der Waals surface area contributed by atoms with Crippen LogP contribution >= 0.6 is 0 Å². The van der Waals surface area contributed by atoms with Gasteiger partial charge in [0.25, 0.3) is 5.91 Å². The molecule has 0 fully saturated rings. The molecule has 0 aliphatic rings. The van der Waals surface area contributed by atoms with E-state index < -0.39 is 0 Å². The van der Waals surface area contributed by atoms with Gasteiger partial charge in [-0.1, -0.05) is 25.5 Å². The third-order valence-electron chi connectivity index (χ3n) is 3.11. The molecule has 0 spiro atoms. The number of unbranched alkanes of at least 4 members (excludes halogenated alkanes) is 1. The summed E-state index contributed by atoms with van der Waals surface area (Å²) in [7, 11) is 1.33. The first-order valence-corrected chi connectivity index (χ1v) is 7.41. The lowest BCUT2D eigenvalue weighted by Gasteiger charge is -2.05. The van der Waals surface area contributed by atoms with Gasteiger partial charge < -0.3 is 15.4 Å². The number of ether oxygens (including phenoxy) is 1. The molecule has 1 rings (SSSR count). The van der Waals surface area contributed by atoms with E-state index in [0.29, 0.717) is 18.7 Å². The van der Waals surface area contributed by atoms with Crippen LogP contribution < -0.4 is 10.6 Å². The van der Waals surface area contributed by atoms with Crippen molar-refractivity contribution >= 4 is 11.9 Å². The van der Waals surface area contributed by atoms with E-state index in [1.54, 1.807) is 24.3 Å². The zero-order valence-electron chi connectivity index (χ0n) is 13.4. The number of carbonyl (C=O) groups is 2. The Balaban J connectivity index is 2.54. The Hall–Kier alpha value is -2.81. The van der Waals surface area contributed by atoms with E-state index in [1.807, 2.05) is 13.0 Å². The molecule has 0 radical (unpaired) electrons.